The van der Waals surface area contributed by atoms with Crippen molar-refractivity contribution in [3.63, 3.8) is 0 Å². The molecule has 15 heavy (non-hydrogen) atoms. The number of aryl methyl sites for hydroxylation is 1. The summed E-state index contributed by atoms with van der Waals surface area (Å²) in [5.74, 6) is -1.06. The van der Waals surface area contributed by atoms with Gasteiger partial charge < -0.3 is 5.11 Å². The summed E-state index contributed by atoms with van der Waals surface area (Å²) in [6.45, 7) is 0. The van der Waals surface area contributed by atoms with E-state index in [0.29, 0.717) is 5.02 Å². The molecule has 4 heteroatoms. The van der Waals surface area contributed by atoms with E-state index in [1.165, 1.54) is 0 Å². The maximum absolute atomic E-state index is 11.0. The van der Waals surface area contributed by atoms with Gasteiger partial charge in [-0.15, -0.1) is 0 Å². The van der Waals surface area contributed by atoms with Gasteiger partial charge in [0.1, 0.15) is 0 Å². The van der Waals surface area contributed by atoms with E-state index in [2.05, 4.69) is 0 Å². The fraction of sp³-hybridized carbons (Fsp3) is 0.364. The molecule has 0 atom stereocenters. The van der Waals surface area contributed by atoms with E-state index in [9.17, 15) is 4.79 Å². The van der Waals surface area contributed by atoms with Crippen LogP contribution < -0.4 is 0 Å². The van der Waals surface area contributed by atoms with Gasteiger partial charge >= 0.3 is 5.97 Å². The predicted octanol–water partition coefficient (Wildman–Crippen LogP) is 3.57. The molecule has 0 aromatic heterocycles. The van der Waals surface area contributed by atoms with E-state index in [1.807, 2.05) is 0 Å². The van der Waals surface area contributed by atoms with E-state index < -0.39 is 5.97 Å². The second kappa shape index (κ2) is 4.03. The third-order valence-corrected chi connectivity index (χ3v) is 3.46. The molecule has 0 heterocycles. The minimum absolute atomic E-state index is 0.0407. The molecule has 1 aromatic rings. The monoisotopic (exact) mass is 244 g/mol. The Morgan fingerprint density at radius 1 is 1.27 bits per heavy atom. The van der Waals surface area contributed by atoms with Gasteiger partial charge in [0.25, 0.3) is 0 Å². The summed E-state index contributed by atoms with van der Waals surface area (Å²) in [5.41, 5.74) is 2.10. The molecule has 0 saturated carbocycles. The van der Waals surface area contributed by atoms with Gasteiger partial charge in [-0.25, -0.2) is 4.79 Å². The molecule has 0 bridgehead atoms. The fourth-order valence-electron chi connectivity index (χ4n) is 2.02. The highest BCUT2D eigenvalue weighted by atomic mass is 35.5. The van der Waals surface area contributed by atoms with Gasteiger partial charge in [-0.1, -0.05) is 23.2 Å². The summed E-state index contributed by atoms with van der Waals surface area (Å²) >= 11 is 12.0. The molecule has 2 nitrogen and oxygen atoms in total. The molecule has 80 valence electrons. The highest BCUT2D eigenvalue weighted by Crippen LogP contribution is 2.35. The standard InChI is InChI=1S/C11H10Cl2O2/c12-8-5-6-3-1-2-4-7(6)10(13)9(8)11(14)15/h5H,1-4H2,(H,14,15). The van der Waals surface area contributed by atoms with Crippen molar-refractivity contribution in [3.8, 4) is 0 Å². The molecule has 0 amide bonds. The average Bonchev–Trinajstić information content (AvgIpc) is 2.17. The first kappa shape index (κ1) is 10.8. The van der Waals surface area contributed by atoms with E-state index in [4.69, 9.17) is 28.3 Å². The van der Waals surface area contributed by atoms with Crippen LogP contribution in [0, 0.1) is 0 Å². The van der Waals surface area contributed by atoms with Crippen LogP contribution >= 0.6 is 23.2 Å². The molecule has 2 rings (SSSR count). The summed E-state index contributed by atoms with van der Waals surface area (Å²) in [5, 5.41) is 9.55. The van der Waals surface area contributed by atoms with Gasteiger partial charge in [0.2, 0.25) is 0 Å². The van der Waals surface area contributed by atoms with Crippen LogP contribution in [0.3, 0.4) is 0 Å². The fourth-order valence-corrected chi connectivity index (χ4v) is 2.77. The van der Waals surface area contributed by atoms with Crippen LogP contribution in [0.4, 0.5) is 0 Å². The summed E-state index contributed by atoms with van der Waals surface area (Å²) < 4.78 is 0. The maximum atomic E-state index is 11.0. The third kappa shape index (κ3) is 1.84. The first-order chi connectivity index (χ1) is 7.11. The van der Waals surface area contributed by atoms with Crippen LogP contribution in [0.2, 0.25) is 10.0 Å². The lowest BCUT2D eigenvalue weighted by atomic mass is 9.90. The molecule has 1 N–H and O–H groups in total. The molecule has 1 aromatic carbocycles. The first-order valence-corrected chi connectivity index (χ1v) is 5.60. The molecular weight excluding hydrogens is 235 g/mol. The largest absolute Gasteiger partial charge is 0.478 e. The lowest BCUT2D eigenvalue weighted by molar-refractivity contribution is 0.0697. The Hall–Kier alpha value is -0.730. The van der Waals surface area contributed by atoms with E-state index >= 15 is 0 Å². The summed E-state index contributed by atoms with van der Waals surface area (Å²) in [6, 6.07) is 1.74. The van der Waals surface area contributed by atoms with Crippen LogP contribution in [0.15, 0.2) is 6.07 Å². The van der Waals surface area contributed by atoms with Crippen LogP contribution in [-0.4, -0.2) is 11.1 Å². The van der Waals surface area contributed by atoms with Crippen LogP contribution in [0.1, 0.15) is 34.3 Å². The van der Waals surface area contributed by atoms with Gasteiger partial charge in [-0.3, -0.25) is 0 Å². The number of carbonyl (C=O) groups is 1. The van der Waals surface area contributed by atoms with E-state index in [-0.39, 0.29) is 10.6 Å². The highest BCUT2D eigenvalue weighted by Gasteiger charge is 2.21. The van der Waals surface area contributed by atoms with Gasteiger partial charge in [-0.05, 0) is 42.9 Å². The van der Waals surface area contributed by atoms with Crippen LogP contribution in [0.5, 0.6) is 0 Å². The lowest BCUT2D eigenvalue weighted by Crippen LogP contribution is -2.08. The zero-order valence-corrected chi connectivity index (χ0v) is 9.53. The van der Waals surface area contributed by atoms with Crippen molar-refractivity contribution in [1.82, 2.24) is 0 Å². The van der Waals surface area contributed by atoms with Gasteiger partial charge in [-0.2, -0.15) is 0 Å². The molecule has 0 aliphatic heterocycles. The SMILES string of the molecule is O=C(O)c1c(Cl)cc2c(c1Cl)CCCC2. The smallest absolute Gasteiger partial charge is 0.338 e. The van der Waals surface area contributed by atoms with Crippen LogP contribution in [-0.2, 0) is 12.8 Å². The zero-order chi connectivity index (χ0) is 11.0. The molecular formula is C11H10Cl2O2. The molecule has 1 aliphatic rings. The second-order valence-electron chi connectivity index (χ2n) is 3.70. The normalized spacial score (nSPS) is 14.8. The third-order valence-electron chi connectivity index (χ3n) is 2.75. The number of benzene rings is 1. The number of rotatable bonds is 1. The quantitative estimate of drug-likeness (QED) is 0.821. The predicted molar refractivity (Wildman–Crippen MR) is 60.1 cm³/mol. The molecule has 0 spiro atoms. The Kier molecular flexibility index (Phi) is 2.89. The molecule has 1 aliphatic carbocycles. The van der Waals surface area contributed by atoms with Gasteiger partial charge in [0.05, 0.1) is 15.6 Å². The number of hydrogen-bond acceptors (Lipinski definition) is 1. The Morgan fingerprint density at radius 2 is 1.93 bits per heavy atom. The van der Waals surface area contributed by atoms with Crippen molar-refractivity contribution >= 4 is 29.2 Å². The summed E-state index contributed by atoms with van der Waals surface area (Å²) in [7, 11) is 0. The number of aromatic carboxylic acids is 1. The number of fused-ring (bicyclic) bond motifs is 1. The maximum Gasteiger partial charge on any atom is 0.338 e. The van der Waals surface area contributed by atoms with E-state index in [1.54, 1.807) is 6.07 Å². The molecule has 0 unspecified atom stereocenters. The zero-order valence-electron chi connectivity index (χ0n) is 8.02. The van der Waals surface area contributed by atoms with Gasteiger partial charge in [0.15, 0.2) is 0 Å². The minimum atomic E-state index is -1.06. The van der Waals surface area contributed by atoms with Crippen molar-refractivity contribution < 1.29 is 9.90 Å². The van der Waals surface area contributed by atoms with E-state index in [0.717, 1.165) is 36.8 Å². The molecule has 0 radical (unpaired) electrons. The Labute approximate surface area is 97.8 Å². The minimum Gasteiger partial charge on any atom is -0.478 e. The van der Waals surface area contributed by atoms with Crippen molar-refractivity contribution in [2.24, 2.45) is 0 Å². The lowest BCUT2D eigenvalue weighted by Gasteiger charge is -2.18. The number of halogens is 2. The van der Waals surface area contributed by atoms with Crippen molar-refractivity contribution in [2.75, 3.05) is 0 Å². The van der Waals surface area contributed by atoms with Crippen molar-refractivity contribution in [3.05, 3.63) is 32.8 Å². The number of carboxylic acid groups (broad SMARTS) is 1. The second-order valence-corrected chi connectivity index (χ2v) is 4.48. The Balaban J connectivity index is 2.64. The first-order valence-electron chi connectivity index (χ1n) is 4.84. The average molecular weight is 245 g/mol. The summed E-state index contributed by atoms with van der Waals surface area (Å²) in [4.78, 5) is 11.0. The van der Waals surface area contributed by atoms with Gasteiger partial charge in [0, 0.05) is 0 Å². The van der Waals surface area contributed by atoms with Crippen molar-refractivity contribution in [2.45, 2.75) is 25.7 Å². The topological polar surface area (TPSA) is 37.3 Å². The molecule has 0 fully saturated rings. The number of hydrogen-bond donors (Lipinski definition) is 1. The Morgan fingerprint density at radius 3 is 2.60 bits per heavy atom. The number of carboxylic acids is 1. The van der Waals surface area contributed by atoms with Crippen molar-refractivity contribution in [1.29, 1.82) is 0 Å². The Bertz CT molecular complexity index is 427. The highest BCUT2D eigenvalue weighted by molar-refractivity contribution is 6.39. The summed E-state index contributed by atoms with van der Waals surface area (Å²) in [6.07, 6.45) is 3.97. The van der Waals surface area contributed by atoms with Crippen LogP contribution in [0.25, 0.3) is 0 Å². The molecule has 0 saturated heterocycles.